The highest BCUT2D eigenvalue weighted by Gasteiger charge is 2.14. The molecule has 0 aliphatic carbocycles. The Kier molecular flexibility index (Phi) is 6.18. The minimum atomic E-state index is -0.169. The summed E-state index contributed by atoms with van der Waals surface area (Å²) in [6, 6.07) is 0. The van der Waals surface area contributed by atoms with Crippen LogP contribution in [0.5, 0.6) is 0 Å². The van der Waals surface area contributed by atoms with Crippen molar-refractivity contribution in [3.63, 3.8) is 0 Å². The Balaban J connectivity index is 2.62. The average Bonchev–Trinajstić information content (AvgIpc) is 2.81. The quantitative estimate of drug-likeness (QED) is 0.758. The number of hydrogen-bond acceptors (Lipinski definition) is 3. The molecule has 2 amide bonds. The summed E-state index contributed by atoms with van der Waals surface area (Å²) in [7, 11) is 0. The van der Waals surface area contributed by atoms with Crippen molar-refractivity contribution in [2.75, 3.05) is 13.1 Å². The topological polar surface area (TPSA) is 58.2 Å². The number of carbonyl (C=O) groups excluding carboxylic acids is 2. The molecule has 0 radical (unpaired) electrons. The summed E-state index contributed by atoms with van der Waals surface area (Å²) in [5.74, 6) is -0.280. The van der Waals surface area contributed by atoms with Gasteiger partial charge in [-0.1, -0.05) is 24.3 Å². The molecule has 0 aliphatic heterocycles. The van der Waals surface area contributed by atoms with E-state index in [0.29, 0.717) is 18.7 Å². The lowest BCUT2D eigenvalue weighted by molar-refractivity contribution is -0.120. The maximum Gasteiger partial charge on any atom is 0.252 e. The van der Waals surface area contributed by atoms with Gasteiger partial charge in [0.1, 0.15) is 0 Å². The van der Waals surface area contributed by atoms with Crippen LogP contribution in [0.3, 0.4) is 0 Å². The molecule has 20 heavy (non-hydrogen) atoms. The van der Waals surface area contributed by atoms with Crippen molar-refractivity contribution in [2.24, 2.45) is 0 Å². The van der Waals surface area contributed by atoms with Gasteiger partial charge >= 0.3 is 0 Å². The molecule has 0 unspecified atom stereocenters. The molecule has 0 aromatic carbocycles. The van der Waals surface area contributed by atoms with Crippen LogP contribution in [0, 0.1) is 0 Å². The highest BCUT2D eigenvalue weighted by atomic mass is 32.1. The molecule has 0 saturated heterocycles. The molecule has 0 atom stereocenters. The normalized spacial score (nSPS) is 9.90. The molecule has 0 bridgehead atoms. The van der Waals surface area contributed by atoms with E-state index in [-0.39, 0.29) is 18.2 Å². The molecule has 0 aliphatic rings. The Hall–Kier alpha value is -1.88. The largest absolute Gasteiger partial charge is 0.352 e. The van der Waals surface area contributed by atoms with Crippen molar-refractivity contribution in [2.45, 2.75) is 20.3 Å². The van der Waals surface area contributed by atoms with E-state index >= 15 is 0 Å². The van der Waals surface area contributed by atoms with Gasteiger partial charge in [0.25, 0.3) is 5.91 Å². The van der Waals surface area contributed by atoms with Gasteiger partial charge in [0.05, 0.1) is 12.0 Å². The zero-order chi connectivity index (χ0) is 15.1. The molecular formula is C15H20N2O2S. The Morgan fingerprint density at radius 2 is 1.70 bits per heavy atom. The van der Waals surface area contributed by atoms with E-state index in [1.165, 1.54) is 11.3 Å². The lowest BCUT2D eigenvalue weighted by Crippen LogP contribution is -2.28. The number of hydrogen-bond donors (Lipinski definition) is 2. The molecule has 1 aromatic rings. The van der Waals surface area contributed by atoms with Crippen LogP contribution in [0.25, 0.3) is 0 Å². The van der Waals surface area contributed by atoms with Crippen molar-refractivity contribution in [3.8, 4) is 0 Å². The molecule has 0 saturated carbocycles. The zero-order valence-electron chi connectivity index (χ0n) is 11.9. The second kappa shape index (κ2) is 7.65. The monoisotopic (exact) mass is 292 g/mol. The van der Waals surface area contributed by atoms with Gasteiger partial charge in [-0.3, -0.25) is 9.59 Å². The van der Waals surface area contributed by atoms with E-state index in [9.17, 15) is 9.59 Å². The lowest BCUT2D eigenvalue weighted by atomic mass is 10.1. The fourth-order valence-electron chi connectivity index (χ4n) is 1.47. The number of amides is 2. The predicted octanol–water partition coefficient (Wildman–Crippen LogP) is 2.29. The third-order valence-electron chi connectivity index (χ3n) is 2.48. The highest BCUT2D eigenvalue weighted by molar-refractivity contribution is 7.08. The summed E-state index contributed by atoms with van der Waals surface area (Å²) >= 11 is 1.41. The van der Waals surface area contributed by atoms with Crippen LogP contribution in [0.15, 0.2) is 35.1 Å². The van der Waals surface area contributed by atoms with Gasteiger partial charge in [-0.15, -0.1) is 0 Å². The van der Waals surface area contributed by atoms with Crippen molar-refractivity contribution in [1.82, 2.24) is 10.6 Å². The third kappa shape index (κ3) is 5.40. The number of nitrogens with one attached hydrogen (secondary N) is 2. The smallest absolute Gasteiger partial charge is 0.252 e. The van der Waals surface area contributed by atoms with Crippen molar-refractivity contribution in [3.05, 3.63) is 46.2 Å². The van der Waals surface area contributed by atoms with Crippen molar-refractivity contribution < 1.29 is 9.59 Å². The summed E-state index contributed by atoms with van der Waals surface area (Å²) in [5, 5.41) is 9.12. The summed E-state index contributed by atoms with van der Waals surface area (Å²) in [6.07, 6.45) is 0.201. The highest BCUT2D eigenvalue weighted by Crippen LogP contribution is 2.16. The Labute approximate surface area is 123 Å². The molecule has 0 fully saturated rings. The minimum Gasteiger partial charge on any atom is -0.352 e. The molecular weight excluding hydrogens is 272 g/mol. The second-order valence-electron chi connectivity index (χ2n) is 4.86. The van der Waals surface area contributed by atoms with Crippen LogP contribution in [-0.2, 0) is 11.2 Å². The maximum absolute atomic E-state index is 12.0. The summed E-state index contributed by atoms with van der Waals surface area (Å²) in [6.45, 7) is 12.1. The van der Waals surface area contributed by atoms with Crippen molar-refractivity contribution >= 4 is 23.2 Å². The van der Waals surface area contributed by atoms with Gasteiger partial charge in [-0.25, -0.2) is 0 Å². The third-order valence-corrected chi connectivity index (χ3v) is 3.27. The van der Waals surface area contributed by atoms with E-state index in [0.717, 1.165) is 16.7 Å². The molecule has 1 rings (SSSR count). The molecule has 5 heteroatoms. The molecule has 2 N–H and O–H groups in total. The van der Waals surface area contributed by atoms with Gasteiger partial charge in [0.15, 0.2) is 0 Å². The predicted molar refractivity (Wildman–Crippen MR) is 83.0 cm³/mol. The van der Waals surface area contributed by atoms with Crippen LogP contribution < -0.4 is 10.6 Å². The zero-order valence-corrected chi connectivity index (χ0v) is 12.7. The van der Waals surface area contributed by atoms with E-state index in [1.807, 2.05) is 19.2 Å². The van der Waals surface area contributed by atoms with Crippen LogP contribution in [0.1, 0.15) is 29.8 Å². The fourth-order valence-corrected chi connectivity index (χ4v) is 2.31. The summed E-state index contributed by atoms with van der Waals surface area (Å²) < 4.78 is 0. The molecule has 108 valence electrons. The minimum absolute atomic E-state index is 0.111. The van der Waals surface area contributed by atoms with Crippen molar-refractivity contribution in [1.29, 1.82) is 0 Å². The number of thiophene rings is 1. The Morgan fingerprint density at radius 3 is 2.30 bits per heavy atom. The van der Waals surface area contributed by atoms with Crippen LogP contribution >= 0.6 is 11.3 Å². The van der Waals surface area contributed by atoms with E-state index < -0.39 is 0 Å². The Bertz CT molecular complexity index is 532. The van der Waals surface area contributed by atoms with Crippen LogP contribution in [-0.4, -0.2) is 24.9 Å². The molecule has 1 aromatic heterocycles. The number of rotatable bonds is 7. The number of carbonyl (C=O) groups is 2. The second-order valence-corrected chi connectivity index (χ2v) is 5.60. The van der Waals surface area contributed by atoms with E-state index in [2.05, 4.69) is 23.8 Å². The van der Waals surface area contributed by atoms with Gasteiger partial charge in [0.2, 0.25) is 5.91 Å². The summed E-state index contributed by atoms with van der Waals surface area (Å²) in [4.78, 5) is 23.7. The molecule has 1 heterocycles. The first-order valence-electron chi connectivity index (χ1n) is 6.29. The maximum atomic E-state index is 12.0. The first-order valence-corrected chi connectivity index (χ1v) is 7.23. The summed E-state index contributed by atoms with van der Waals surface area (Å²) in [5.41, 5.74) is 3.08. The van der Waals surface area contributed by atoms with E-state index in [4.69, 9.17) is 0 Å². The van der Waals surface area contributed by atoms with Gasteiger partial charge in [-0.2, -0.15) is 11.3 Å². The first-order chi connectivity index (χ1) is 9.40. The van der Waals surface area contributed by atoms with Gasteiger partial charge in [-0.05, 0) is 24.8 Å². The lowest BCUT2D eigenvalue weighted by Gasteiger charge is -2.07. The first kappa shape index (κ1) is 16.2. The Morgan fingerprint density at radius 1 is 1.10 bits per heavy atom. The van der Waals surface area contributed by atoms with Gasteiger partial charge in [0, 0.05) is 18.5 Å². The van der Waals surface area contributed by atoms with Gasteiger partial charge < -0.3 is 10.6 Å². The van der Waals surface area contributed by atoms with Crippen LogP contribution in [0.4, 0.5) is 0 Å². The fraction of sp³-hybridized carbons (Fsp3) is 0.333. The van der Waals surface area contributed by atoms with Crippen LogP contribution in [0.2, 0.25) is 0 Å². The molecule has 4 nitrogen and oxygen atoms in total. The average molecular weight is 292 g/mol. The SMILES string of the molecule is C=C(C)CNC(=O)Cc1cscc1C(=O)NCC(=C)C. The van der Waals surface area contributed by atoms with E-state index in [1.54, 1.807) is 5.38 Å². The molecule has 0 spiro atoms. The standard InChI is InChI=1S/C15H20N2O2S/c1-10(2)6-16-14(18)5-12-8-20-9-13(12)15(19)17-7-11(3)4/h8-9H,1,3,5-7H2,2,4H3,(H,16,18)(H,17,19).